The van der Waals surface area contributed by atoms with Crippen LogP contribution in [-0.4, -0.2) is 40.2 Å². The number of carbonyl (C=O) groups excluding carboxylic acids is 1. The molecule has 0 spiro atoms. The Hall–Kier alpha value is -1.14. The molecule has 0 aliphatic heterocycles. The fourth-order valence-electron chi connectivity index (χ4n) is 2.05. The molecular formula is C13H21N3O2S. The highest BCUT2D eigenvalue weighted by molar-refractivity contribution is 7.09. The Bertz CT molecular complexity index is 431. The summed E-state index contributed by atoms with van der Waals surface area (Å²) in [6.07, 6.45) is 2.90. The van der Waals surface area contributed by atoms with Gasteiger partial charge in [0, 0.05) is 23.7 Å². The van der Waals surface area contributed by atoms with Gasteiger partial charge in [-0.3, -0.25) is 0 Å². The number of aryl methyl sites for hydroxylation is 1. The molecule has 1 aliphatic rings. The quantitative estimate of drug-likeness (QED) is 0.840. The molecule has 1 unspecified atom stereocenters. The summed E-state index contributed by atoms with van der Waals surface area (Å²) in [4.78, 5) is 18.4. The van der Waals surface area contributed by atoms with Gasteiger partial charge < -0.3 is 15.3 Å². The Morgan fingerprint density at radius 2 is 2.42 bits per heavy atom. The van der Waals surface area contributed by atoms with Crippen LogP contribution in [0.25, 0.3) is 0 Å². The summed E-state index contributed by atoms with van der Waals surface area (Å²) in [5.74, 6) is 0. The number of nitrogens with one attached hydrogen (secondary N) is 1. The number of aliphatic hydroxyl groups excluding tert-OH is 1. The van der Waals surface area contributed by atoms with Gasteiger partial charge in [0.25, 0.3) is 0 Å². The van der Waals surface area contributed by atoms with E-state index in [0.29, 0.717) is 12.6 Å². The lowest BCUT2D eigenvalue weighted by atomic mass is 10.2. The highest BCUT2D eigenvalue weighted by Crippen LogP contribution is 2.27. The lowest BCUT2D eigenvalue weighted by Gasteiger charge is -2.24. The van der Waals surface area contributed by atoms with Crippen molar-refractivity contribution in [3.05, 3.63) is 16.1 Å². The summed E-state index contributed by atoms with van der Waals surface area (Å²) in [5, 5.41) is 15.0. The van der Waals surface area contributed by atoms with E-state index in [9.17, 15) is 4.79 Å². The first-order valence-electron chi connectivity index (χ1n) is 6.75. The zero-order chi connectivity index (χ0) is 13.8. The first kappa shape index (κ1) is 14.3. The highest BCUT2D eigenvalue weighted by Gasteiger charge is 2.33. The van der Waals surface area contributed by atoms with Crippen LogP contribution in [0.2, 0.25) is 0 Å². The van der Waals surface area contributed by atoms with E-state index in [2.05, 4.69) is 10.3 Å². The van der Waals surface area contributed by atoms with Gasteiger partial charge in [0.05, 0.1) is 12.6 Å². The van der Waals surface area contributed by atoms with E-state index in [1.54, 1.807) is 16.2 Å². The normalized spacial score (nSPS) is 16.2. The molecule has 0 radical (unpaired) electrons. The number of carbonyl (C=O) groups is 1. The molecule has 1 fully saturated rings. The summed E-state index contributed by atoms with van der Waals surface area (Å²) in [7, 11) is 0. The molecule has 106 valence electrons. The van der Waals surface area contributed by atoms with Crippen molar-refractivity contribution in [3.8, 4) is 0 Å². The van der Waals surface area contributed by atoms with Crippen LogP contribution in [0, 0.1) is 6.92 Å². The van der Waals surface area contributed by atoms with Gasteiger partial charge in [0.2, 0.25) is 0 Å². The van der Waals surface area contributed by atoms with Gasteiger partial charge in [-0.1, -0.05) is 6.92 Å². The van der Waals surface area contributed by atoms with E-state index in [1.807, 2.05) is 19.2 Å². The second-order valence-electron chi connectivity index (χ2n) is 4.89. The summed E-state index contributed by atoms with van der Waals surface area (Å²) in [6.45, 7) is 4.41. The minimum absolute atomic E-state index is 0.0110. The smallest absolute Gasteiger partial charge is 0.318 e. The molecule has 0 aromatic carbocycles. The molecule has 2 N–H and O–H groups in total. The molecule has 0 bridgehead atoms. The minimum Gasteiger partial charge on any atom is -0.395 e. The van der Waals surface area contributed by atoms with E-state index in [0.717, 1.165) is 30.0 Å². The second-order valence-corrected chi connectivity index (χ2v) is 5.78. The Balaban J connectivity index is 1.98. The van der Waals surface area contributed by atoms with Crippen LogP contribution in [0.1, 0.15) is 42.9 Å². The summed E-state index contributed by atoms with van der Waals surface area (Å²) in [5.41, 5.74) is 0.988. The minimum atomic E-state index is -0.0868. The number of urea groups is 1. The third kappa shape index (κ3) is 3.67. The molecule has 1 atom stereocenters. The van der Waals surface area contributed by atoms with Crippen LogP contribution in [-0.2, 0) is 0 Å². The molecule has 1 aliphatic carbocycles. The maximum absolute atomic E-state index is 12.2. The van der Waals surface area contributed by atoms with Crippen molar-refractivity contribution < 1.29 is 9.90 Å². The number of rotatable bonds is 6. The predicted molar refractivity (Wildman–Crippen MR) is 75.2 cm³/mol. The third-order valence-corrected chi connectivity index (χ3v) is 4.31. The monoisotopic (exact) mass is 283 g/mol. The van der Waals surface area contributed by atoms with Crippen molar-refractivity contribution >= 4 is 17.4 Å². The topological polar surface area (TPSA) is 65.5 Å². The second kappa shape index (κ2) is 6.34. The van der Waals surface area contributed by atoms with Crippen LogP contribution in [0.5, 0.6) is 0 Å². The maximum atomic E-state index is 12.2. The number of hydrogen-bond donors (Lipinski definition) is 2. The van der Waals surface area contributed by atoms with E-state index >= 15 is 0 Å². The Morgan fingerprint density at radius 1 is 1.68 bits per heavy atom. The highest BCUT2D eigenvalue weighted by atomic mass is 32.1. The molecule has 2 amide bonds. The average molecular weight is 283 g/mol. The van der Waals surface area contributed by atoms with E-state index in [1.165, 1.54) is 0 Å². The van der Waals surface area contributed by atoms with Gasteiger partial charge in [0.15, 0.2) is 0 Å². The van der Waals surface area contributed by atoms with Gasteiger partial charge >= 0.3 is 6.03 Å². The van der Waals surface area contributed by atoms with Crippen molar-refractivity contribution in [1.29, 1.82) is 0 Å². The number of amides is 2. The molecule has 2 rings (SSSR count). The number of aliphatic hydroxyl groups is 1. The number of hydrogen-bond acceptors (Lipinski definition) is 4. The van der Waals surface area contributed by atoms with Crippen molar-refractivity contribution in [2.45, 2.75) is 45.2 Å². The molecular weight excluding hydrogens is 262 g/mol. The van der Waals surface area contributed by atoms with Crippen molar-refractivity contribution in [2.75, 3.05) is 13.2 Å². The predicted octanol–water partition coefficient (Wildman–Crippen LogP) is 2.07. The number of nitrogens with zero attached hydrogens (tertiary/aromatic N) is 2. The molecule has 1 heterocycles. The van der Waals surface area contributed by atoms with Crippen LogP contribution in [0.4, 0.5) is 4.79 Å². The van der Waals surface area contributed by atoms with Crippen LogP contribution < -0.4 is 5.32 Å². The van der Waals surface area contributed by atoms with Crippen LogP contribution in [0.15, 0.2) is 5.38 Å². The summed E-state index contributed by atoms with van der Waals surface area (Å²) in [6, 6.07) is 0.185. The van der Waals surface area contributed by atoms with Crippen LogP contribution >= 0.6 is 11.3 Å². The third-order valence-electron chi connectivity index (χ3n) is 3.23. The first-order valence-corrected chi connectivity index (χ1v) is 7.63. The summed E-state index contributed by atoms with van der Waals surface area (Å²) < 4.78 is 0. The van der Waals surface area contributed by atoms with E-state index in [4.69, 9.17) is 5.11 Å². The Labute approximate surface area is 117 Å². The Morgan fingerprint density at radius 3 is 2.89 bits per heavy atom. The SMILES string of the molecule is CCC(NC(=O)N(CCO)C1CC1)c1nc(C)cs1. The number of aromatic nitrogens is 1. The molecule has 6 heteroatoms. The lowest BCUT2D eigenvalue weighted by molar-refractivity contribution is 0.170. The largest absolute Gasteiger partial charge is 0.395 e. The van der Waals surface area contributed by atoms with Gasteiger partial charge in [-0.2, -0.15) is 0 Å². The van der Waals surface area contributed by atoms with Gasteiger partial charge in [-0.15, -0.1) is 11.3 Å². The van der Waals surface area contributed by atoms with Gasteiger partial charge in [-0.25, -0.2) is 9.78 Å². The Kier molecular flexibility index (Phi) is 4.76. The van der Waals surface area contributed by atoms with Gasteiger partial charge in [-0.05, 0) is 26.2 Å². The molecule has 1 saturated carbocycles. The first-order chi connectivity index (χ1) is 9.15. The maximum Gasteiger partial charge on any atom is 0.318 e. The molecule has 0 saturated heterocycles. The van der Waals surface area contributed by atoms with Crippen molar-refractivity contribution in [3.63, 3.8) is 0 Å². The number of thiazole rings is 1. The van der Waals surface area contributed by atoms with Crippen LogP contribution in [0.3, 0.4) is 0 Å². The molecule has 1 aromatic rings. The van der Waals surface area contributed by atoms with Crippen molar-refractivity contribution in [1.82, 2.24) is 15.2 Å². The molecule has 19 heavy (non-hydrogen) atoms. The van der Waals surface area contributed by atoms with E-state index < -0.39 is 0 Å². The van der Waals surface area contributed by atoms with E-state index in [-0.39, 0.29) is 18.7 Å². The fourth-order valence-corrected chi connectivity index (χ4v) is 2.98. The molecule has 1 aromatic heterocycles. The van der Waals surface area contributed by atoms with Gasteiger partial charge in [0.1, 0.15) is 5.01 Å². The van der Waals surface area contributed by atoms with Crippen molar-refractivity contribution in [2.24, 2.45) is 0 Å². The summed E-state index contributed by atoms with van der Waals surface area (Å²) >= 11 is 1.58. The zero-order valence-electron chi connectivity index (χ0n) is 11.4. The lowest BCUT2D eigenvalue weighted by Crippen LogP contribution is -2.44. The zero-order valence-corrected chi connectivity index (χ0v) is 12.2. The average Bonchev–Trinajstić information content (AvgIpc) is 3.14. The standard InChI is InChI=1S/C13H21N3O2S/c1-3-11(12-14-9(2)8-19-12)15-13(18)16(6-7-17)10-4-5-10/h8,10-11,17H,3-7H2,1-2H3,(H,15,18). The molecule has 5 nitrogen and oxygen atoms in total. The fraction of sp³-hybridized carbons (Fsp3) is 0.692.